The first-order chi connectivity index (χ1) is 11.7. The van der Waals surface area contributed by atoms with Gasteiger partial charge >= 0.3 is 0 Å². The molecule has 0 saturated heterocycles. The van der Waals surface area contributed by atoms with Gasteiger partial charge in [-0.3, -0.25) is 4.40 Å². The lowest BCUT2D eigenvalue weighted by molar-refractivity contribution is 0.318. The molecular weight excluding hydrogens is 363 g/mol. The summed E-state index contributed by atoms with van der Waals surface area (Å²) in [5.41, 5.74) is 2.96. The molecule has 0 radical (unpaired) electrons. The largest absolute Gasteiger partial charge is 0.494 e. The van der Waals surface area contributed by atoms with E-state index in [-0.39, 0.29) is 0 Å². The number of fused-ring (bicyclic) bond motifs is 3. The first-order valence-corrected chi connectivity index (χ1v) is 9.23. The summed E-state index contributed by atoms with van der Waals surface area (Å²) in [6, 6.07) is 11.7. The van der Waals surface area contributed by atoms with Crippen molar-refractivity contribution in [2.45, 2.75) is 13.3 Å². The molecule has 0 unspecified atom stereocenters. The predicted octanol–water partition coefficient (Wildman–Crippen LogP) is 6.31. The van der Waals surface area contributed by atoms with Crippen molar-refractivity contribution in [3.63, 3.8) is 0 Å². The molecule has 0 N–H and O–H groups in total. The minimum Gasteiger partial charge on any atom is -0.494 e. The number of aromatic nitrogens is 2. The van der Waals surface area contributed by atoms with E-state index in [0.717, 1.165) is 45.2 Å². The average molecular weight is 377 g/mol. The van der Waals surface area contributed by atoms with Gasteiger partial charge in [-0.25, -0.2) is 4.98 Å². The van der Waals surface area contributed by atoms with Crippen LogP contribution in [0.25, 0.3) is 26.4 Å². The lowest BCUT2D eigenvalue weighted by Crippen LogP contribution is -1.94. The monoisotopic (exact) mass is 376 g/mol. The lowest BCUT2D eigenvalue weighted by Gasteiger charge is -2.03. The Morgan fingerprint density at radius 2 is 2.00 bits per heavy atom. The van der Waals surface area contributed by atoms with E-state index in [9.17, 15) is 0 Å². The molecule has 24 heavy (non-hydrogen) atoms. The lowest BCUT2D eigenvalue weighted by atomic mass is 10.2. The number of nitrogens with zero attached hydrogens (tertiary/aromatic N) is 2. The summed E-state index contributed by atoms with van der Waals surface area (Å²) in [7, 11) is 0. The summed E-state index contributed by atoms with van der Waals surface area (Å²) in [6.07, 6.45) is 3.03. The molecule has 6 heteroatoms. The van der Waals surface area contributed by atoms with Gasteiger partial charge in [0.05, 0.1) is 32.6 Å². The van der Waals surface area contributed by atoms with Crippen molar-refractivity contribution in [2.75, 3.05) is 6.61 Å². The molecule has 0 bridgehead atoms. The number of hydrogen-bond donors (Lipinski definition) is 0. The standard InChI is InChI=1S/C18H14Cl2N2OS/c1-2-7-23-12-4-6-16-17(9-12)24-18-21-15(10-22(16)18)11-3-5-13(19)14(20)8-11/h3-6,8-10H,2,7H2,1H3. The van der Waals surface area contributed by atoms with Gasteiger partial charge in [-0.2, -0.15) is 0 Å². The molecule has 3 nitrogen and oxygen atoms in total. The third kappa shape index (κ3) is 2.75. The SMILES string of the molecule is CCCOc1ccc2c(c1)sc1nc(-c3ccc(Cl)c(Cl)c3)cn12. The number of halogens is 2. The molecule has 0 saturated carbocycles. The Hall–Kier alpha value is -1.75. The zero-order valence-corrected chi connectivity index (χ0v) is 15.3. The van der Waals surface area contributed by atoms with Gasteiger partial charge in [0.1, 0.15) is 5.75 Å². The summed E-state index contributed by atoms with van der Waals surface area (Å²) in [4.78, 5) is 5.66. The Bertz CT molecular complexity index is 1040. The topological polar surface area (TPSA) is 26.5 Å². The van der Waals surface area contributed by atoms with Crippen molar-refractivity contribution >= 4 is 49.7 Å². The molecule has 0 aliphatic heterocycles. The van der Waals surface area contributed by atoms with Gasteiger partial charge in [-0.15, -0.1) is 0 Å². The van der Waals surface area contributed by atoms with Crippen LogP contribution in [0.3, 0.4) is 0 Å². The van der Waals surface area contributed by atoms with E-state index in [4.69, 9.17) is 32.9 Å². The molecule has 122 valence electrons. The Labute approximate surface area is 153 Å². The van der Waals surface area contributed by atoms with E-state index in [2.05, 4.69) is 23.5 Å². The van der Waals surface area contributed by atoms with Crippen LogP contribution in [0.1, 0.15) is 13.3 Å². The Morgan fingerprint density at radius 1 is 1.12 bits per heavy atom. The van der Waals surface area contributed by atoms with E-state index in [1.165, 1.54) is 0 Å². The molecule has 0 amide bonds. The molecule has 2 heterocycles. The van der Waals surface area contributed by atoms with Gasteiger partial charge in [0, 0.05) is 11.8 Å². The molecule has 4 aromatic rings. The summed E-state index contributed by atoms with van der Waals surface area (Å²) < 4.78 is 8.96. The Kier molecular flexibility index (Phi) is 4.12. The fraction of sp³-hybridized carbons (Fsp3) is 0.167. The molecule has 2 aromatic carbocycles. The average Bonchev–Trinajstić information content (AvgIpc) is 3.12. The van der Waals surface area contributed by atoms with E-state index in [1.807, 2.05) is 24.4 Å². The summed E-state index contributed by atoms with van der Waals surface area (Å²) in [5, 5.41) is 1.08. The summed E-state index contributed by atoms with van der Waals surface area (Å²) in [6.45, 7) is 2.83. The van der Waals surface area contributed by atoms with Crippen LogP contribution in [0.15, 0.2) is 42.6 Å². The maximum Gasteiger partial charge on any atom is 0.195 e. The molecular formula is C18H14Cl2N2OS. The van der Waals surface area contributed by atoms with Crippen molar-refractivity contribution in [1.82, 2.24) is 9.38 Å². The van der Waals surface area contributed by atoms with Crippen LogP contribution >= 0.6 is 34.5 Å². The molecule has 0 atom stereocenters. The number of ether oxygens (including phenoxy) is 1. The molecule has 0 aliphatic rings. The number of rotatable bonds is 4. The first kappa shape index (κ1) is 15.8. The highest BCUT2D eigenvalue weighted by molar-refractivity contribution is 7.23. The highest BCUT2D eigenvalue weighted by atomic mass is 35.5. The van der Waals surface area contributed by atoms with Crippen molar-refractivity contribution in [2.24, 2.45) is 0 Å². The zero-order valence-electron chi connectivity index (χ0n) is 12.9. The van der Waals surface area contributed by atoms with Crippen LogP contribution < -0.4 is 4.74 Å². The number of imidazole rings is 1. The maximum absolute atomic E-state index is 6.11. The van der Waals surface area contributed by atoms with Crippen molar-refractivity contribution in [1.29, 1.82) is 0 Å². The van der Waals surface area contributed by atoms with E-state index >= 15 is 0 Å². The molecule has 0 aliphatic carbocycles. The minimum atomic E-state index is 0.535. The van der Waals surface area contributed by atoms with Crippen LogP contribution in [0.4, 0.5) is 0 Å². The Balaban J connectivity index is 1.77. The predicted molar refractivity (Wildman–Crippen MR) is 102 cm³/mol. The molecule has 4 rings (SSSR count). The fourth-order valence-electron chi connectivity index (χ4n) is 2.59. The summed E-state index contributed by atoms with van der Waals surface area (Å²) in [5.74, 6) is 0.901. The van der Waals surface area contributed by atoms with Gasteiger partial charge in [0.15, 0.2) is 4.96 Å². The van der Waals surface area contributed by atoms with Gasteiger partial charge < -0.3 is 4.74 Å². The second-order valence-corrected chi connectivity index (χ2v) is 7.31. The van der Waals surface area contributed by atoms with Crippen molar-refractivity contribution in [3.05, 3.63) is 52.6 Å². The van der Waals surface area contributed by atoms with Crippen LogP contribution in [-0.4, -0.2) is 16.0 Å². The van der Waals surface area contributed by atoms with Gasteiger partial charge in [0.25, 0.3) is 0 Å². The third-order valence-electron chi connectivity index (χ3n) is 3.75. The first-order valence-electron chi connectivity index (χ1n) is 7.65. The smallest absolute Gasteiger partial charge is 0.195 e. The van der Waals surface area contributed by atoms with E-state index < -0.39 is 0 Å². The maximum atomic E-state index is 6.11. The van der Waals surface area contributed by atoms with Crippen LogP contribution in [0, 0.1) is 0 Å². The highest BCUT2D eigenvalue weighted by Crippen LogP contribution is 2.33. The molecule has 2 aromatic heterocycles. The normalized spacial score (nSPS) is 11.5. The van der Waals surface area contributed by atoms with Gasteiger partial charge in [-0.1, -0.05) is 47.5 Å². The zero-order chi connectivity index (χ0) is 16.7. The van der Waals surface area contributed by atoms with Crippen LogP contribution in [0.2, 0.25) is 10.0 Å². The number of benzene rings is 2. The van der Waals surface area contributed by atoms with Gasteiger partial charge in [-0.05, 0) is 36.8 Å². The summed E-state index contributed by atoms with van der Waals surface area (Å²) >= 11 is 13.7. The second kappa shape index (κ2) is 6.28. The molecule has 0 fully saturated rings. The quantitative estimate of drug-likeness (QED) is 0.417. The van der Waals surface area contributed by atoms with Crippen molar-refractivity contribution in [3.8, 4) is 17.0 Å². The second-order valence-electron chi connectivity index (χ2n) is 5.49. The number of hydrogen-bond acceptors (Lipinski definition) is 3. The van der Waals surface area contributed by atoms with E-state index in [0.29, 0.717) is 10.0 Å². The minimum absolute atomic E-state index is 0.535. The van der Waals surface area contributed by atoms with Crippen molar-refractivity contribution < 1.29 is 4.74 Å². The number of thiazole rings is 1. The molecule has 0 spiro atoms. The third-order valence-corrected chi connectivity index (χ3v) is 5.51. The van der Waals surface area contributed by atoms with Crippen LogP contribution in [0.5, 0.6) is 5.75 Å². The van der Waals surface area contributed by atoms with Gasteiger partial charge in [0.2, 0.25) is 0 Å². The fourth-order valence-corrected chi connectivity index (χ4v) is 3.92. The highest BCUT2D eigenvalue weighted by Gasteiger charge is 2.12. The van der Waals surface area contributed by atoms with E-state index in [1.54, 1.807) is 17.4 Å². The Morgan fingerprint density at radius 3 is 2.79 bits per heavy atom. The van der Waals surface area contributed by atoms with Crippen LogP contribution in [-0.2, 0) is 0 Å².